The van der Waals surface area contributed by atoms with Gasteiger partial charge in [-0.15, -0.1) is 0 Å². The fraction of sp³-hybridized carbons (Fsp3) is 0.120. The Morgan fingerprint density at radius 1 is 0.968 bits per heavy atom. The summed E-state index contributed by atoms with van der Waals surface area (Å²) in [6.45, 7) is 1.75. The minimum atomic E-state index is -0.304. The van der Waals surface area contributed by atoms with Crippen molar-refractivity contribution in [2.75, 3.05) is 13.2 Å². The van der Waals surface area contributed by atoms with Gasteiger partial charge in [0.2, 0.25) is 0 Å². The highest BCUT2D eigenvalue weighted by atomic mass is 16.6. The molecular weight excluding hydrogens is 390 g/mol. The van der Waals surface area contributed by atoms with Crippen molar-refractivity contribution >= 4 is 23.0 Å². The van der Waals surface area contributed by atoms with Crippen LogP contribution < -0.4 is 14.9 Å². The standard InChI is InChI=1S/C25H21N3O3/c29-25(19-10-11-23-24(14-19)31-13-12-30-23)27-26-15-20-17-28(16-18-6-2-1-3-7-18)22-9-5-4-8-21(20)22/h1-11,14-15,17H,12-13,16H2,(H,27,29)/b26-15+. The van der Waals surface area contributed by atoms with Crippen molar-refractivity contribution in [3.8, 4) is 11.5 Å². The average molecular weight is 411 g/mol. The van der Waals surface area contributed by atoms with Crippen LogP contribution in [0, 0.1) is 0 Å². The molecule has 31 heavy (non-hydrogen) atoms. The summed E-state index contributed by atoms with van der Waals surface area (Å²) < 4.78 is 13.2. The van der Waals surface area contributed by atoms with Gasteiger partial charge in [-0.05, 0) is 29.8 Å². The molecule has 1 aromatic heterocycles. The second-order valence-electron chi connectivity index (χ2n) is 7.27. The normalized spacial score (nSPS) is 12.9. The van der Waals surface area contributed by atoms with Gasteiger partial charge in [-0.2, -0.15) is 5.10 Å². The van der Waals surface area contributed by atoms with Gasteiger partial charge in [-0.1, -0.05) is 48.5 Å². The van der Waals surface area contributed by atoms with Crippen LogP contribution in [0.4, 0.5) is 0 Å². The SMILES string of the molecule is O=C(N/N=C/c1cn(Cc2ccccc2)c2ccccc12)c1ccc2c(c1)OCCO2. The number of nitrogens with zero attached hydrogens (tertiary/aromatic N) is 2. The Morgan fingerprint density at radius 3 is 2.61 bits per heavy atom. The van der Waals surface area contributed by atoms with Crippen molar-refractivity contribution in [3.05, 3.63) is 95.7 Å². The zero-order valence-corrected chi connectivity index (χ0v) is 16.8. The molecule has 1 N–H and O–H groups in total. The summed E-state index contributed by atoms with van der Waals surface area (Å²) in [5, 5.41) is 5.27. The predicted octanol–water partition coefficient (Wildman–Crippen LogP) is 4.22. The third kappa shape index (κ3) is 4.00. The van der Waals surface area contributed by atoms with E-state index in [1.807, 2.05) is 30.3 Å². The minimum Gasteiger partial charge on any atom is -0.486 e. The molecule has 6 heteroatoms. The van der Waals surface area contributed by atoms with E-state index in [0.29, 0.717) is 30.3 Å². The number of carbonyl (C=O) groups excluding carboxylic acids is 1. The molecule has 6 nitrogen and oxygen atoms in total. The number of hydrazone groups is 1. The Kier molecular flexibility index (Phi) is 5.10. The van der Waals surface area contributed by atoms with Crippen LogP contribution in [0.15, 0.2) is 84.1 Å². The van der Waals surface area contributed by atoms with Gasteiger partial charge in [0.15, 0.2) is 11.5 Å². The van der Waals surface area contributed by atoms with Crippen LogP contribution in [0.25, 0.3) is 10.9 Å². The van der Waals surface area contributed by atoms with E-state index in [9.17, 15) is 4.79 Å². The molecule has 0 spiro atoms. The molecule has 1 amide bonds. The first-order valence-corrected chi connectivity index (χ1v) is 10.1. The van der Waals surface area contributed by atoms with Crippen LogP contribution in [0.2, 0.25) is 0 Å². The van der Waals surface area contributed by atoms with Crippen LogP contribution in [0.5, 0.6) is 11.5 Å². The maximum absolute atomic E-state index is 12.5. The predicted molar refractivity (Wildman–Crippen MR) is 120 cm³/mol. The van der Waals surface area contributed by atoms with E-state index in [1.165, 1.54) is 5.56 Å². The van der Waals surface area contributed by atoms with Crippen molar-refractivity contribution < 1.29 is 14.3 Å². The highest BCUT2D eigenvalue weighted by molar-refractivity contribution is 6.00. The van der Waals surface area contributed by atoms with Crippen molar-refractivity contribution in [1.29, 1.82) is 0 Å². The summed E-state index contributed by atoms with van der Waals surface area (Å²) in [4.78, 5) is 12.5. The number of benzene rings is 3. The van der Waals surface area contributed by atoms with Gasteiger partial charge in [0.1, 0.15) is 13.2 Å². The highest BCUT2D eigenvalue weighted by Gasteiger charge is 2.14. The molecule has 0 fully saturated rings. The molecular formula is C25H21N3O3. The number of para-hydroxylation sites is 1. The van der Waals surface area contributed by atoms with Gasteiger partial charge >= 0.3 is 0 Å². The first-order valence-electron chi connectivity index (χ1n) is 10.1. The number of amides is 1. The van der Waals surface area contributed by atoms with Gasteiger partial charge in [0.05, 0.1) is 6.21 Å². The zero-order chi connectivity index (χ0) is 21.0. The van der Waals surface area contributed by atoms with Gasteiger partial charge in [-0.25, -0.2) is 5.43 Å². The molecule has 0 atom stereocenters. The van der Waals surface area contributed by atoms with Gasteiger partial charge in [0.25, 0.3) is 5.91 Å². The summed E-state index contributed by atoms with van der Waals surface area (Å²) in [5.41, 5.74) is 6.34. The molecule has 154 valence electrons. The van der Waals surface area contributed by atoms with E-state index in [-0.39, 0.29) is 5.91 Å². The van der Waals surface area contributed by atoms with E-state index in [2.05, 4.69) is 45.6 Å². The second kappa shape index (κ2) is 8.36. The Hall–Kier alpha value is -4.06. The van der Waals surface area contributed by atoms with E-state index >= 15 is 0 Å². The maximum atomic E-state index is 12.5. The van der Waals surface area contributed by atoms with Gasteiger partial charge < -0.3 is 14.0 Å². The molecule has 0 aliphatic carbocycles. The zero-order valence-electron chi connectivity index (χ0n) is 16.8. The van der Waals surface area contributed by atoms with E-state index in [1.54, 1.807) is 24.4 Å². The summed E-state index contributed by atoms with van der Waals surface area (Å²) in [6, 6.07) is 23.6. The molecule has 0 radical (unpaired) electrons. The Balaban J connectivity index is 1.35. The molecule has 0 saturated heterocycles. The Morgan fingerprint density at radius 2 is 1.74 bits per heavy atom. The molecule has 4 aromatic rings. The topological polar surface area (TPSA) is 64.9 Å². The molecule has 0 bridgehead atoms. The van der Waals surface area contributed by atoms with Crippen LogP contribution in [0.1, 0.15) is 21.5 Å². The smallest absolute Gasteiger partial charge is 0.271 e. The third-order valence-electron chi connectivity index (χ3n) is 5.19. The number of nitrogens with one attached hydrogen (secondary N) is 1. The molecule has 0 unspecified atom stereocenters. The van der Waals surface area contributed by atoms with Crippen molar-refractivity contribution in [2.45, 2.75) is 6.54 Å². The minimum absolute atomic E-state index is 0.304. The van der Waals surface area contributed by atoms with Gasteiger partial charge in [-0.3, -0.25) is 4.79 Å². The molecule has 3 aromatic carbocycles. The van der Waals surface area contributed by atoms with E-state index in [0.717, 1.165) is 23.0 Å². The van der Waals surface area contributed by atoms with Crippen LogP contribution >= 0.6 is 0 Å². The molecule has 2 heterocycles. The highest BCUT2D eigenvalue weighted by Crippen LogP contribution is 2.30. The lowest BCUT2D eigenvalue weighted by atomic mass is 10.2. The lowest BCUT2D eigenvalue weighted by Crippen LogP contribution is -2.19. The van der Waals surface area contributed by atoms with Crippen LogP contribution in [-0.4, -0.2) is 29.9 Å². The molecule has 1 aliphatic rings. The van der Waals surface area contributed by atoms with Crippen LogP contribution in [-0.2, 0) is 6.54 Å². The lowest BCUT2D eigenvalue weighted by Gasteiger charge is -2.18. The van der Waals surface area contributed by atoms with E-state index in [4.69, 9.17) is 9.47 Å². The number of hydrogen-bond acceptors (Lipinski definition) is 4. The average Bonchev–Trinajstić information content (AvgIpc) is 3.17. The molecule has 5 rings (SSSR count). The first kappa shape index (κ1) is 18.9. The number of rotatable bonds is 5. The molecule has 1 aliphatic heterocycles. The summed E-state index contributed by atoms with van der Waals surface area (Å²) >= 11 is 0. The summed E-state index contributed by atoms with van der Waals surface area (Å²) in [6.07, 6.45) is 3.73. The second-order valence-corrected chi connectivity index (χ2v) is 7.27. The fourth-order valence-corrected chi connectivity index (χ4v) is 3.70. The van der Waals surface area contributed by atoms with Crippen molar-refractivity contribution in [2.24, 2.45) is 5.10 Å². The van der Waals surface area contributed by atoms with Crippen molar-refractivity contribution in [1.82, 2.24) is 9.99 Å². The summed E-state index contributed by atoms with van der Waals surface area (Å²) in [7, 11) is 0. The third-order valence-corrected chi connectivity index (χ3v) is 5.19. The quantitative estimate of drug-likeness (QED) is 0.395. The lowest BCUT2D eigenvalue weighted by molar-refractivity contribution is 0.0954. The first-order chi connectivity index (χ1) is 15.3. The fourth-order valence-electron chi connectivity index (χ4n) is 3.70. The summed E-state index contributed by atoms with van der Waals surface area (Å²) in [5.74, 6) is 0.922. The maximum Gasteiger partial charge on any atom is 0.271 e. The number of hydrogen-bond donors (Lipinski definition) is 1. The van der Waals surface area contributed by atoms with Crippen molar-refractivity contribution in [3.63, 3.8) is 0 Å². The number of carbonyl (C=O) groups is 1. The Bertz CT molecular complexity index is 1260. The number of aromatic nitrogens is 1. The van der Waals surface area contributed by atoms with Gasteiger partial charge in [0, 0.05) is 34.8 Å². The molecule has 0 saturated carbocycles. The van der Waals surface area contributed by atoms with E-state index < -0.39 is 0 Å². The monoisotopic (exact) mass is 411 g/mol. The van der Waals surface area contributed by atoms with Crippen LogP contribution in [0.3, 0.4) is 0 Å². The Labute approximate surface area is 179 Å². The largest absolute Gasteiger partial charge is 0.486 e. The number of fused-ring (bicyclic) bond motifs is 2. The number of ether oxygens (including phenoxy) is 2.